The Labute approximate surface area is 113 Å². The summed E-state index contributed by atoms with van der Waals surface area (Å²) in [7, 11) is 0. The first-order valence-electron chi connectivity index (χ1n) is 6.51. The van der Waals surface area contributed by atoms with Gasteiger partial charge < -0.3 is 5.32 Å². The van der Waals surface area contributed by atoms with Crippen LogP contribution in [0.25, 0.3) is 0 Å². The van der Waals surface area contributed by atoms with E-state index in [1.165, 1.54) is 4.90 Å². The van der Waals surface area contributed by atoms with Gasteiger partial charge in [-0.05, 0) is 30.7 Å². The van der Waals surface area contributed by atoms with Crippen molar-refractivity contribution in [2.24, 2.45) is 0 Å². The second-order valence-corrected chi connectivity index (χ2v) is 6.37. The largest absolute Gasteiger partial charge is 0.314 e. The third-order valence-corrected chi connectivity index (χ3v) is 4.45. The summed E-state index contributed by atoms with van der Waals surface area (Å²) in [5.74, 6) is -0.147. The second kappa shape index (κ2) is 6.55. The first-order valence-corrected chi connectivity index (χ1v) is 7.39. The van der Waals surface area contributed by atoms with Gasteiger partial charge in [-0.2, -0.15) is 0 Å². The lowest BCUT2D eigenvalue weighted by atomic mass is 10.2. The van der Waals surface area contributed by atoms with Crippen molar-refractivity contribution in [3.05, 3.63) is 29.6 Å². The van der Waals surface area contributed by atoms with Gasteiger partial charge in [0.05, 0.1) is 0 Å². The van der Waals surface area contributed by atoms with E-state index in [1.54, 1.807) is 12.1 Å². The van der Waals surface area contributed by atoms with Crippen LogP contribution < -0.4 is 5.32 Å². The standard InChI is InChI=1S/C14H21FN2S/c1-11-9-13(15)3-4-14(11)18-12(2)10-17-7-5-16-6-8-17/h3-4,9,12,16H,5-8,10H2,1-2H3. The summed E-state index contributed by atoms with van der Waals surface area (Å²) in [5, 5.41) is 3.90. The first-order chi connectivity index (χ1) is 8.65. The predicted octanol–water partition coefficient (Wildman–Crippen LogP) is 2.52. The van der Waals surface area contributed by atoms with E-state index in [2.05, 4.69) is 17.1 Å². The van der Waals surface area contributed by atoms with Crippen molar-refractivity contribution in [3.8, 4) is 0 Å². The Hall–Kier alpha value is -0.580. The molecule has 1 heterocycles. The number of thioether (sulfide) groups is 1. The Kier molecular flexibility index (Phi) is 5.03. The molecule has 1 aromatic rings. The fourth-order valence-corrected chi connectivity index (χ4v) is 3.37. The van der Waals surface area contributed by atoms with Gasteiger partial charge in [0.25, 0.3) is 0 Å². The minimum Gasteiger partial charge on any atom is -0.314 e. The fraction of sp³-hybridized carbons (Fsp3) is 0.571. The molecule has 0 spiro atoms. The Bertz CT molecular complexity index is 391. The predicted molar refractivity (Wildman–Crippen MR) is 75.8 cm³/mol. The molecule has 0 aliphatic carbocycles. The first kappa shape index (κ1) is 13.8. The van der Waals surface area contributed by atoms with E-state index < -0.39 is 0 Å². The Morgan fingerprint density at radius 3 is 2.78 bits per heavy atom. The molecule has 1 aliphatic rings. The van der Waals surface area contributed by atoms with Crippen molar-refractivity contribution in [2.45, 2.75) is 24.0 Å². The van der Waals surface area contributed by atoms with Gasteiger partial charge in [-0.3, -0.25) is 4.90 Å². The van der Waals surface area contributed by atoms with E-state index in [-0.39, 0.29) is 5.82 Å². The molecule has 1 saturated heterocycles. The maximum atomic E-state index is 13.0. The summed E-state index contributed by atoms with van der Waals surface area (Å²) in [6, 6.07) is 5.05. The molecule has 1 aliphatic heterocycles. The van der Waals surface area contributed by atoms with Crippen molar-refractivity contribution in [1.29, 1.82) is 0 Å². The summed E-state index contributed by atoms with van der Waals surface area (Å²) >= 11 is 1.84. The molecule has 1 N–H and O–H groups in total. The third-order valence-electron chi connectivity index (χ3n) is 3.19. The summed E-state index contributed by atoms with van der Waals surface area (Å²) in [4.78, 5) is 3.69. The van der Waals surface area contributed by atoms with Crippen molar-refractivity contribution >= 4 is 11.8 Å². The lowest BCUT2D eigenvalue weighted by Crippen LogP contribution is -2.45. The molecule has 0 radical (unpaired) electrons. The van der Waals surface area contributed by atoms with Crippen molar-refractivity contribution in [2.75, 3.05) is 32.7 Å². The highest BCUT2D eigenvalue weighted by atomic mass is 32.2. The minimum atomic E-state index is -0.147. The van der Waals surface area contributed by atoms with Gasteiger partial charge in [0.2, 0.25) is 0 Å². The fourth-order valence-electron chi connectivity index (χ4n) is 2.26. The minimum absolute atomic E-state index is 0.147. The van der Waals surface area contributed by atoms with Crippen LogP contribution in [0.15, 0.2) is 23.1 Å². The SMILES string of the molecule is Cc1cc(F)ccc1SC(C)CN1CCNCC1. The molecule has 4 heteroatoms. The highest BCUT2D eigenvalue weighted by Gasteiger charge is 2.14. The smallest absolute Gasteiger partial charge is 0.123 e. The Balaban J connectivity index is 1.87. The van der Waals surface area contributed by atoms with Gasteiger partial charge in [0.1, 0.15) is 5.82 Å². The molecule has 18 heavy (non-hydrogen) atoms. The topological polar surface area (TPSA) is 15.3 Å². The number of rotatable bonds is 4. The zero-order chi connectivity index (χ0) is 13.0. The number of nitrogens with one attached hydrogen (secondary N) is 1. The van der Waals surface area contributed by atoms with Crippen LogP contribution in [0.1, 0.15) is 12.5 Å². The Morgan fingerprint density at radius 1 is 1.39 bits per heavy atom. The van der Waals surface area contributed by atoms with E-state index >= 15 is 0 Å². The lowest BCUT2D eigenvalue weighted by molar-refractivity contribution is 0.244. The summed E-state index contributed by atoms with van der Waals surface area (Å²) in [5.41, 5.74) is 1.03. The average Bonchev–Trinajstić information content (AvgIpc) is 2.34. The number of benzene rings is 1. The molecule has 1 aromatic carbocycles. The van der Waals surface area contributed by atoms with Crippen LogP contribution in [0.2, 0.25) is 0 Å². The lowest BCUT2D eigenvalue weighted by Gasteiger charge is -2.29. The van der Waals surface area contributed by atoms with Gasteiger partial charge >= 0.3 is 0 Å². The molecule has 0 aromatic heterocycles. The van der Waals surface area contributed by atoms with Crippen LogP contribution in [-0.2, 0) is 0 Å². The van der Waals surface area contributed by atoms with Crippen LogP contribution in [0.3, 0.4) is 0 Å². The summed E-state index contributed by atoms with van der Waals surface area (Å²) < 4.78 is 13.0. The van der Waals surface area contributed by atoms with Crippen LogP contribution in [0, 0.1) is 12.7 Å². The summed E-state index contributed by atoms with van der Waals surface area (Å²) in [6.07, 6.45) is 0. The van der Waals surface area contributed by atoms with Crippen LogP contribution in [0.5, 0.6) is 0 Å². The number of nitrogens with zero attached hydrogens (tertiary/aromatic N) is 1. The maximum absolute atomic E-state index is 13.0. The van der Waals surface area contributed by atoms with Crippen molar-refractivity contribution in [3.63, 3.8) is 0 Å². The van der Waals surface area contributed by atoms with E-state index in [0.717, 1.165) is 38.3 Å². The average molecular weight is 268 g/mol. The van der Waals surface area contributed by atoms with Crippen LogP contribution in [0.4, 0.5) is 4.39 Å². The van der Waals surface area contributed by atoms with E-state index in [0.29, 0.717) is 5.25 Å². The molecule has 0 amide bonds. The quantitative estimate of drug-likeness (QED) is 0.845. The summed E-state index contributed by atoms with van der Waals surface area (Å²) in [6.45, 7) is 9.77. The zero-order valence-electron chi connectivity index (χ0n) is 11.1. The molecule has 1 atom stereocenters. The Morgan fingerprint density at radius 2 is 2.11 bits per heavy atom. The van der Waals surface area contributed by atoms with Gasteiger partial charge in [0, 0.05) is 42.9 Å². The van der Waals surface area contributed by atoms with Crippen molar-refractivity contribution < 1.29 is 4.39 Å². The molecular weight excluding hydrogens is 247 g/mol. The van der Waals surface area contributed by atoms with Gasteiger partial charge in [0.15, 0.2) is 0 Å². The normalized spacial score (nSPS) is 18.8. The second-order valence-electron chi connectivity index (χ2n) is 4.89. The van der Waals surface area contributed by atoms with Crippen LogP contribution >= 0.6 is 11.8 Å². The van der Waals surface area contributed by atoms with Gasteiger partial charge in [-0.15, -0.1) is 11.8 Å². The number of halogens is 1. The molecule has 1 fully saturated rings. The van der Waals surface area contributed by atoms with E-state index in [4.69, 9.17) is 0 Å². The van der Waals surface area contributed by atoms with E-state index in [1.807, 2.05) is 24.8 Å². The molecule has 0 bridgehead atoms. The molecule has 2 nitrogen and oxygen atoms in total. The highest BCUT2D eigenvalue weighted by molar-refractivity contribution is 8.00. The highest BCUT2D eigenvalue weighted by Crippen LogP contribution is 2.27. The monoisotopic (exact) mass is 268 g/mol. The number of hydrogen-bond donors (Lipinski definition) is 1. The number of piperazine rings is 1. The zero-order valence-corrected chi connectivity index (χ0v) is 11.9. The third kappa shape index (κ3) is 3.97. The van der Waals surface area contributed by atoms with Gasteiger partial charge in [-0.1, -0.05) is 6.92 Å². The molecule has 1 unspecified atom stereocenters. The van der Waals surface area contributed by atoms with Crippen LogP contribution in [-0.4, -0.2) is 42.9 Å². The van der Waals surface area contributed by atoms with E-state index in [9.17, 15) is 4.39 Å². The van der Waals surface area contributed by atoms with Crippen molar-refractivity contribution in [1.82, 2.24) is 10.2 Å². The van der Waals surface area contributed by atoms with Gasteiger partial charge in [-0.25, -0.2) is 4.39 Å². The number of hydrogen-bond acceptors (Lipinski definition) is 3. The maximum Gasteiger partial charge on any atom is 0.123 e. The molecule has 100 valence electrons. The number of aryl methyl sites for hydroxylation is 1. The molecule has 2 rings (SSSR count). The molecule has 0 saturated carbocycles. The molecular formula is C14H21FN2S.